The van der Waals surface area contributed by atoms with Gasteiger partial charge in [-0.3, -0.25) is 0 Å². The Bertz CT molecular complexity index is 451. The molecule has 1 heterocycles. The van der Waals surface area contributed by atoms with E-state index in [4.69, 9.17) is 4.74 Å². The highest BCUT2D eigenvalue weighted by Crippen LogP contribution is 2.16. The Morgan fingerprint density at radius 1 is 1.13 bits per heavy atom. The molecule has 0 unspecified atom stereocenters. The van der Waals surface area contributed by atoms with E-state index in [-0.39, 0.29) is 0 Å². The monoisotopic (exact) mass is 201 g/mol. The van der Waals surface area contributed by atoms with Gasteiger partial charge in [0.15, 0.2) is 0 Å². The Hall–Kier alpha value is -1.57. The smallest absolute Gasteiger partial charge is 0.213 e. The fraction of sp³-hybridized carbons (Fsp3) is 0.308. The lowest BCUT2D eigenvalue weighted by Crippen LogP contribution is -2.05. The van der Waals surface area contributed by atoms with Crippen LogP contribution in [-0.2, 0) is 0 Å². The maximum atomic E-state index is 5.56. The second kappa shape index (κ2) is 4.30. The number of hydrogen-bond acceptors (Lipinski definition) is 2. The minimum atomic E-state index is 0.526. The maximum absolute atomic E-state index is 5.56. The second-order valence-electron chi connectivity index (χ2n) is 4.05. The van der Waals surface area contributed by atoms with Gasteiger partial charge < -0.3 is 4.74 Å². The summed E-state index contributed by atoms with van der Waals surface area (Å²) >= 11 is 0. The van der Waals surface area contributed by atoms with Crippen LogP contribution in [0.25, 0.3) is 10.9 Å². The molecule has 2 rings (SSSR count). The summed E-state index contributed by atoms with van der Waals surface area (Å²) in [5, 5.41) is 1.15. The summed E-state index contributed by atoms with van der Waals surface area (Å²) in [6.07, 6.45) is 0. The van der Waals surface area contributed by atoms with Crippen molar-refractivity contribution in [3.05, 3.63) is 36.4 Å². The van der Waals surface area contributed by atoms with Crippen LogP contribution in [0.3, 0.4) is 0 Å². The summed E-state index contributed by atoms with van der Waals surface area (Å²) in [4.78, 5) is 4.42. The summed E-state index contributed by atoms with van der Waals surface area (Å²) < 4.78 is 5.56. The van der Waals surface area contributed by atoms with Gasteiger partial charge >= 0.3 is 0 Å². The number of aromatic nitrogens is 1. The SMILES string of the molecule is CC(C)COc1ccc2ccccc2n1. The second-order valence-corrected chi connectivity index (χ2v) is 4.05. The predicted octanol–water partition coefficient (Wildman–Crippen LogP) is 3.27. The molecule has 0 radical (unpaired) electrons. The summed E-state index contributed by atoms with van der Waals surface area (Å²) in [7, 11) is 0. The zero-order chi connectivity index (χ0) is 10.7. The lowest BCUT2D eigenvalue weighted by Gasteiger charge is -2.07. The van der Waals surface area contributed by atoms with E-state index in [9.17, 15) is 0 Å². The highest BCUT2D eigenvalue weighted by atomic mass is 16.5. The molecular weight excluding hydrogens is 186 g/mol. The Morgan fingerprint density at radius 3 is 2.73 bits per heavy atom. The molecule has 2 aromatic rings. The van der Waals surface area contributed by atoms with Gasteiger partial charge in [-0.1, -0.05) is 32.0 Å². The van der Waals surface area contributed by atoms with E-state index in [2.05, 4.69) is 24.9 Å². The highest BCUT2D eigenvalue weighted by Gasteiger charge is 1.99. The van der Waals surface area contributed by atoms with Gasteiger partial charge in [0.05, 0.1) is 12.1 Å². The van der Waals surface area contributed by atoms with Crippen LogP contribution in [0.4, 0.5) is 0 Å². The van der Waals surface area contributed by atoms with Crippen LogP contribution < -0.4 is 4.74 Å². The van der Waals surface area contributed by atoms with Gasteiger partial charge in [0.2, 0.25) is 5.88 Å². The molecular formula is C13H15NO. The van der Waals surface area contributed by atoms with Crippen molar-refractivity contribution in [3.8, 4) is 5.88 Å². The molecule has 0 N–H and O–H groups in total. The van der Waals surface area contributed by atoms with Crippen molar-refractivity contribution in [1.82, 2.24) is 4.98 Å². The molecule has 0 aliphatic heterocycles. The van der Waals surface area contributed by atoms with Crippen molar-refractivity contribution >= 4 is 10.9 Å². The predicted molar refractivity (Wildman–Crippen MR) is 62.1 cm³/mol. The Kier molecular flexibility index (Phi) is 2.86. The van der Waals surface area contributed by atoms with Crippen LogP contribution in [0.2, 0.25) is 0 Å². The normalized spacial score (nSPS) is 10.9. The molecule has 2 nitrogen and oxygen atoms in total. The molecule has 1 aromatic heterocycles. The Morgan fingerprint density at radius 2 is 1.93 bits per heavy atom. The first kappa shape index (κ1) is 9.97. The molecule has 0 atom stereocenters. The van der Waals surface area contributed by atoms with Gasteiger partial charge in [0, 0.05) is 11.5 Å². The first-order valence-electron chi connectivity index (χ1n) is 5.24. The van der Waals surface area contributed by atoms with Gasteiger partial charge in [0.25, 0.3) is 0 Å². The van der Waals surface area contributed by atoms with Crippen molar-refractivity contribution in [2.75, 3.05) is 6.61 Å². The number of fused-ring (bicyclic) bond motifs is 1. The standard InChI is InChI=1S/C13H15NO/c1-10(2)9-15-13-8-7-11-5-3-4-6-12(11)14-13/h3-8,10H,9H2,1-2H3. The van der Waals surface area contributed by atoms with E-state index in [1.807, 2.05) is 30.3 Å². The summed E-state index contributed by atoms with van der Waals surface area (Å²) in [5.74, 6) is 1.24. The fourth-order valence-electron chi connectivity index (χ4n) is 1.38. The number of hydrogen-bond donors (Lipinski definition) is 0. The highest BCUT2D eigenvalue weighted by molar-refractivity contribution is 5.78. The van der Waals surface area contributed by atoms with Gasteiger partial charge in [-0.25, -0.2) is 4.98 Å². The van der Waals surface area contributed by atoms with Crippen molar-refractivity contribution in [2.45, 2.75) is 13.8 Å². The molecule has 2 heteroatoms. The van der Waals surface area contributed by atoms with Gasteiger partial charge in [-0.15, -0.1) is 0 Å². The average Bonchev–Trinajstić information content (AvgIpc) is 2.26. The van der Waals surface area contributed by atoms with Crippen LogP contribution in [0.5, 0.6) is 5.88 Å². The minimum Gasteiger partial charge on any atom is -0.477 e. The molecule has 0 spiro atoms. The summed E-state index contributed by atoms with van der Waals surface area (Å²) in [6, 6.07) is 12.0. The third-order valence-electron chi connectivity index (χ3n) is 2.14. The zero-order valence-corrected chi connectivity index (χ0v) is 9.10. The van der Waals surface area contributed by atoms with Crippen LogP contribution in [0.1, 0.15) is 13.8 Å². The number of rotatable bonds is 3. The van der Waals surface area contributed by atoms with Gasteiger partial charge in [-0.05, 0) is 18.1 Å². The molecule has 0 saturated heterocycles. The third kappa shape index (κ3) is 2.46. The quantitative estimate of drug-likeness (QED) is 0.760. The van der Waals surface area contributed by atoms with Crippen LogP contribution in [0.15, 0.2) is 36.4 Å². The van der Waals surface area contributed by atoms with E-state index in [1.165, 1.54) is 0 Å². The number of pyridine rings is 1. The Balaban J connectivity index is 2.23. The molecule has 0 bridgehead atoms. The van der Waals surface area contributed by atoms with Crippen molar-refractivity contribution in [2.24, 2.45) is 5.92 Å². The van der Waals surface area contributed by atoms with Crippen molar-refractivity contribution < 1.29 is 4.74 Å². The van der Waals surface area contributed by atoms with Crippen LogP contribution >= 0.6 is 0 Å². The molecule has 0 amide bonds. The minimum absolute atomic E-state index is 0.526. The summed E-state index contributed by atoms with van der Waals surface area (Å²) in [5.41, 5.74) is 0.985. The lowest BCUT2D eigenvalue weighted by atomic mass is 10.2. The average molecular weight is 201 g/mol. The number of para-hydroxylation sites is 1. The Labute approximate surface area is 89.9 Å². The lowest BCUT2D eigenvalue weighted by molar-refractivity contribution is 0.262. The van der Waals surface area contributed by atoms with Crippen molar-refractivity contribution in [3.63, 3.8) is 0 Å². The maximum Gasteiger partial charge on any atom is 0.213 e. The third-order valence-corrected chi connectivity index (χ3v) is 2.14. The van der Waals surface area contributed by atoms with Gasteiger partial charge in [0.1, 0.15) is 0 Å². The fourth-order valence-corrected chi connectivity index (χ4v) is 1.38. The van der Waals surface area contributed by atoms with Crippen molar-refractivity contribution in [1.29, 1.82) is 0 Å². The molecule has 0 saturated carbocycles. The number of benzene rings is 1. The molecule has 0 aliphatic carbocycles. The number of ether oxygens (including phenoxy) is 1. The van der Waals surface area contributed by atoms with E-state index < -0.39 is 0 Å². The zero-order valence-electron chi connectivity index (χ0n) is 9.10. The van der Waals surface area contributed by atoms with E-state index in [1.54, 1.807) is 0 Å². The van der Waals surface area contributed by atoms with Crippen LogP contribution in [-0.4, -0.2) is 11.6 Å². The van der Waals surface area contributed by atoms with Crippen LogP contribution in [0, 0.1) is 5.92 Å². The van der Waals surface area contributed by atoms with Gasteiger partial charge in [-0.2, -0.15) is 0 Å². The topological polar surface area (TPSA) is 22.1 Å². The molecule has 15 heavy (non-hydrogen) atoms. The first-order valence-corrected chi connectivity index (χ1v) is 5.24. The van der Waals surface area contributed by atoms with E-state index >= 15 is 0 Å². The molecule has 0 aliphatic rings. The number of nitrogens with zero attached hydrogens (tertiary/aromatic N) is 1. The van der Waals surface area contributed by atoms with E-state index in [0.29, 0.717) is 18.4 Å². The molecule has 0 fully saturated rings. The molecule has 1 aromatic carbocycles. The largest absolute Gasteiger partial charge is 0.477 e. The van der Waals surface area contributed by atoms with E-state index in [0.717, 1.165) is 10.9 Å². The summed E-state index contributed by atoms with van der Waals surface area (Å²) in [6.45, 7) is 4.97. The molecule has 78 valence electrons. The first-order chi connectivity index (χ1) is 7.25.